The number of hydrogen-bond acceptors (Lipinski definition) is 3. The van der Waals surface area contributed by atoms with Gasteiger partial charge in [0.1, 0.15) is 11.6 Å². The summed E-state index contributed by atoms with van der Waals surface area (Å²) < 4.78 is 20.5. The first-order valence-electron chi connectivity index (χ1n) is 7.44. The van der Waals surface area contributed by atoms with Crippen molar-refractivity contribution in [2.24, 2.45) is 0 Å². The van der Waals surface area contributed by atoms with E-state index >= 15 is 0 Å². The molecular weight excluding hydrogens is 307 g/mol. The Morgan fingerprint density at radius 2 is 2.00 bits per heavy atom. The maximum absolute atomic E-state index is 13.8. The summed E-state index contributed by atoms with van der Waals surface area (Å²) in [6.07, 6.45) is 3.24. The second-order valence-corrected chi connectivity index (χ2v) is 5.25. The minimum Gasteiger partial charge on any atom is -0.497 e. The minimum absolute atomic E-state index is 0.0562. The SMILES string of the molecule is COc1cccc(C(=O)C[n+]2ccc(-c3ccccc3F)nc2)c1. The zero-order chi connectivity index (χ0) is 16.9. The molecule has 0 aliphatic rings. The van der Waals surface area contributed by atoms with Crippen molar-refractivity contribution < 1.29 is 18.5 Å². The van der Waals surface area contributed by atoms with Gasteiger partial charge in [0.2, 0.25) is 5.78 Å². The Morgan fingerprint density at radius 1 is 1.17 bits per heavy atom. The fourth-order valence-electron chi connectivity index (χ4n) is 2.36. The van der Waals surface area contributed by atoms with Crippen molar-refractivity contribution in [3.05, 3.63) is 78.5 Å². The highest BCUT2D eigenvalue weighted by Gasteiger charge is 2.14. The largest absolute Gasteiger partial charge is 0.497 e. The van der Waals surface area contributed by atoms with E-state index in [-0.39, 0.29) is 18.1 Å². The fraction of sp³-hybridized carbons (Fsp3) is 0.105. The van der Waals surface area contributed by atoms with Gasteiger partial charge in [-0.2, -0.15) is 0 Å². The van der Waals surface area contributed by atoms with Crippen LogP contribution in [0.1, 0.15) is 10.4 Å². The standard InChI is InChI=1S/C19H16FN2O2/c1-24-15-6-4-5-14(11-15)19(23)12-22-10-9-18(21-13-22)16-7-2-3-8-17(16)20/h2-11,13H,12H2,1H3/q+1. The van der Waals surface area contributed by atoms with Gasteiger partial charge in [-0.1, -0.05) is 24.3 Å². The molecule has 1 aromatic heterocycles. The molecule has 0 unspecified atom stereocenters. The Kier molecular flexibility index (Phi) is 4.61. The van der Waals surface area contributed by atoms with Crippen LogP contribution in [0.5, 0.6) is 5.75 Å². The predicted octanol–water partition coefficient (Wildman–Crippen LogP) is 3.07. The van der Waals surface area contributed by atoms with Gasteiger partial charge in [0, 0.05) is 11.6 Å². The first-order chi connectivity index (χ1) is 11.7. The third-order valence-electron chi connectivity index (χ3n) is 3.64. The van der Waals surface area contributed by atoms with Gasteiger partial charge in [-0.3, -0.25) is 4.79 Å². The van der Waals surface area contributed by atoms with Gasteiger partial charge < -0.3 is 4.74 Å². The molecule has 0 atom stereocenters. The van der Waals surface area contributed by atoms with Crippen LogP contribution >= 0.6 is 0 Å². The van der Waals surface area contributed by atoms with Crippen molar-refractivity contribution in [1.29, 1.82) is 0 Å². The molecule has 0 aliphatic heterocycles. The van der Waals surface area contributed by atoms with Gasteiger partial charge in [-0.15, -0.1) is 0 Å². The topological polar surface area (TPSA) is 43.1 Å². The van der Waals surface area contributed by atoms with Crippen LogP contribution in [0.15, 0.2) is 67.1 Å². The second-order valence-electron chi connectivity index (χ2n) is 5.25. The third-order valence-corrected chi connectivity index (χ3v) is 3.64. The van der Waals surface area contributed by atoms with E-state index in [0.29, 0.717) is 22.6 Å². The van der Waals surface area contributed by atoms with Gasteiger partial charge in [0.25, 0.3) is 6.33 Å². The molecule has 0 N–H and O–H groups in total. The average molecular weight is 323 g/mol. The van der Waals surface area contributed by atoms with Crippen molar-refractivity contribution in [3.63, 3.8) is 0 Å². The van der Waals surface area contributed by atoms with Crippen LogP contribution in [0.2, 0.25) is 0 Å². The molecule has 0 saturated heterocycles. The Balaban J connectivity index is 1.76. The van der Waals surface area contributed by atoms with Crippen LogP contribution in [0, 0.1) is 5.82 Å². The van der Waals surface area contributed by atoms with Crippen LogP contribution in [-0.2, 0) is 6.54 Å². The molecule has 0 aliphatic carbocycles. The zero-order valence-electron chi connectivity index (χ0n) is 13.1. The maximum atomic E-state index is 13.8. The maximum Gasteiger partial charge on any atom is 0.287 e. The number of nitrogens with zero attached hydrogens (tertiary/aromatic N) is 2. The molecule has 3 rings (SSSR count). The number of ether oxygens (including phenoxy) is 1. The van der Waals surface area contributed by atoms with Crippen molar-refractivity contribution >= 4 is 5.78 Å². The molecule has 5 heteroatoms. The Labute approximate surface area is 139 Å². The molecule has 0 amide bonds. The molecular formula is C19H16FN2O2+. The van der Waals surface area contributed by atoms with E-state index in [1.54, 1.807) is 66.4 Å². The molecule has 0 radical (unpaired) electrons. The van der Waals surface area contributed by atoms with E-state index in [4.69, 9.17) is 4.74 Å². The molecule has 1 heterocycles. The predicted molar refractivity (Wildman–Crippen MR) is 87.2 cm³/mol. The van der Waals surface area contributed by atoms with E-state index in [0.717, 1.165) is 0 Å². The summed E-state index contributed by atoms with van der Waals surface area (Å²) in [6, 6.07) is 15.1. The number of methoxy groups -OCH3 is 1. The van der Waals surface area contributed by atoms with Crippen molar-refractivity contribution in [1.82, 2.24) is 4.98 Å². The molecule has 3 aromatic rings. The lowest BCUT2D eigenvalue weighted by molar-refractivity contribution is -0.686. The summed E-state index contributed by atoms with van der Waals surface area (Å²) in [6.45, 7) is 0.151. The summed E-state index contributed by atoms with van der Waals surface area (Å²) >= 11 is 0. The minimum atomic E-state index is -0.324. The van der Waals surface area contributed by atoms with Crippen LogP contribution in [0.3, 0.4) is 0 Å². The van der Waals surface area contributed by atoms with Gasteiger partial charge >= 0.3 is 0 Å². The van der Waals surface area contributed by atoms with Gasteiger partial charge in [0.05, 0.1) is 18.9 Å². The lowest BCUT2D eigenvalue weighted by Gasteiger charge is -2.03. The van der Waals surface area contributed by atoms with Gasteiger partial charge in [-0.25, -0.2) is 8.96 Å². The number of rotatable bonds is 5. The monoisotopic (exact) mass is 323 g/mol. The Hall–Kier alpha value is -3.08. The number of hydrogen-bond donors (Lipinski definition) is 0. The van der Waals surface area contributed by atoms with E-state index in [9.17, 15) is 9.18 Å². The summed E-state index contributed by atoms with van der Waals surface area (Å²) in [4.78, 5) is 16.6. The van der Waals surface area contributed by atoms with Gasteiger partial charge in [-0.05, 0) is 29.2 Å². The van der Waals surface area contributed by atoms with Crippen LogP contribution < -0.4 is 9.30 Å². The van der Waals surface area contributed by atoms with E-state index < -0.39 is 0 Å². The van der Waals surface area contributed by atoms with Gasteiger partial charge in [0.15, 0.2) is 12.2 Å². The highest BCUT2D eigenvalue weighted by Crippen LogP contribution is 2.18. The Bertz CT molecular complexity index is 863. The number of halogens is 1. The number of carbonyl (C=O) groups is 1. The van der Waals surface area contributed by atoms with Crippen LogP contribution in [0.4, 0.5) is 4.39 Å². The summed E-state index contributed by atoms with van der Waals surface area (Å²) in [5.74, 6) is 0.258. The molecule has 0 spiro atoms. The van der Waals surface area contributed by atoms with Crippen molar-refractivity contribution in [2.45, 2.75) is 6.54 Å². The Morgan fingerprint density at radius 3 is 2.71 bits per heavy atom. The lowest BCUT2D eigenvalue weighted by atomic mass is 10.1. The zero-order valence-corrected chi connectivity index (χ0v) is 13.1. The second kappa shape index (κ2) is 7.00. The van der Waals surface area contributed by atoms with E-state index in [2.05, 4.69) is 4.98 Å². The average Bonchev–Trinajstić information content (AvgIpc) is 2.63. The third kappa shape index (κ3) is 3.46. The summed E-state index contributed by atoms with van der Waals surface area (Å²) in [7, 11) is 1.56. The molecule has 24 heavy (non-hydrogen) atoms. The molecule has 0 bridgehead atoms. The van der Waals surface area contributed by atoms with E-state index in [1.807, 2.05) is 0 Å². The number of Topliss-reactive ketones (excluding diaryl/α,β-unsaturated/α-hetero) is 1. The number of aromatic nitrogens is 2. The molecule has 2 aromatic carbocycles. The van der Waals surface area contributed by atoms with Crippen LogP contribution in [0.25, 0.3) is 11.3 Å². The van der Waals surface area contributed by atoms with E-state index in [1.165, 1.54) is 12.4 Å². The summed E-state index contributed by atoms with van der Waals surface area (Å²) in [5.41, 5.74) is 1.53. The molecule has 0 fully saturated rings. The highest BCUT2D eigenvalue weighted by molar-refractivity contribution is 5.95. The molecule has 0 saturated carbocycles. The quantitative estimate of drug-likeness (QED) is 0.535. The van der Waals surface area contributed by atoms with Crippen molar-refractivity contribution in [2.75, 3.05) is 7.11 Å². The smallest absolute Gasteiger partial charge is 0.287 e. The fourth-order valence-corrected chi connectivity index (χ4v) is 2.36. The molecule has 120 valence electrons. The number of carbonyl (C=O) groups excluding carboxylic acids is 1. The normalized spacial score (nSPS) is 10.4. The van der Waals surface area contributed by atoms with Crippen LogP contribution in [-0.4, -0.2) is 17.9 Å². The summed E-state index contributed by atoms with van der Waals surface area (Å²) in [5, 5.41) is 0. The number of ketones is 1. The molecule has 4 nitrogen and oxygen atoms in total. The first-order valence-corrected chi connectivity index (χ1v) is 7.44. The number of benzene rings is 2. The van der Waals surface area contributed by atoms with Crippen molar-refractivity contribution in [3.8, 4) is 17.0 Å². The lowest BCUT2D eigenvalue weighted by Crippen LogP contribution is -2.37. The highest BCUT2D eigenvalue weighted by atomic mass is 19.1. The first kappa shape index (κ1) is 15.8.